The van der Waals surface area contributed by atoms with Gasteiger partial charge in [0.05, 0.1) is 18.1 Å². The Morgan fingerprint density at radius 1 is 1.20 bits per heavy atom. The van der Waals surface area contributed by atoms with Gasteiger partial charge in [0.15, 0.2) is 0 Å². The first-order chi connectivity index (χ1) is 9.40. The lowest BCUT2D eigenvalue weighted by Crippen LogP contribution is -2.14. The summed E-state index contributed by atoms with van der Waals surface area (Å²) in [6, 6.07) is 3.39. The first-order valence-electron chi connectivity index (χ1n) is 5.39. The van der Waals surface area contributed by atoms with E-state index in [4.69, 9.17) is 11.6 Å². The number of nitrogens with one attached hydrogen (secondary N) is 2. The average Bonchev–Trinajstić information content (AvgIpc) is 2.37. The fourth-order valence-electron chi connectivity index (χ4n) is 1.41. The Morgan fingerprint density at radius 2 is 1.85 bits per heavy atom. The molecule has 0 spiro atoms. The van der Waals surface area contributed by atoms with Crippen LogP contribution in [0.1, 0.15) is 0 Å². The van der Waals surface area contributed by atoms with Gasteiger partial charge >= 0.3 is 0 Å². The maximum absolute atomic E-state index is 13.2. The molecule has 0 aliphatic rings. The van der Waals surface area contributed by atoms with Crippen molar-refractivity contribution in [2.75, 3.05) is 17.1 Å². The monoisotopic (exact) mass is 316 g/mol. The van der Waals surface area contributed by atoms with E-state index in [2.05, 4.69) is 20.0 Å². The normalized spacial score (nSPS) is 11.2. The number of benzene rings is 1. The Morgan fingerprint density at radius 3 is 2.40 bits per heavy atom. The van der Waals surface area contributed by atoms with Gasteiger partial charge in [0.1, 0.15) is 10.7 Å². The second-order valence-electron chi connectivity index (χ2n) is 3.76. The highest BCUT2D eigenvalue weighted by Crippen LogP contribution is 2.21. The number of anilines is 2. The summed E-state index contributed by atoms with van der Waals surface area (Å²) in [7, 11) is -2.29. The molecule has 0 bridgehead atoms. The van der Waals surface area contributed by atoms with Gasteiger partial charge in [-0.3, -0.25) is 4.72 Å². The van der Waals surface area contributed by atoms with Crippen molar-refractivity contribution in [1.29, 1.82) is 0 Å². The van der Waals surface area contributed by atoms with Gasteiger partial charge in [-0.15, -0.1) is 0 Å². The second kappa shape index (κ2) is 5.59. The molecule has 1 heterocycles. The van der Waals surface area contributed by atoms with Gasteiger partial charge in [0.2, 0.25) is 5.95 Å². The molecule has 6 nitrogen and oxygen atoms in total. The quantitative estimate of drug-likeness (QED) is 0.902. The molecular formula is C11H10ClFN4O2S. The molecule has 0 atom stereocenters. The van der Waals surface area contributed by atoms with Gasteiger partial charge in [0, 0.05) is 12.1 Å². The summed E-state index contributed by atoms with van der Waals surface area (Å²) in [6.07, 6.45) is 2.28. The van der Waals surface area contributed by atoms with Crippen molar-refractivity contribution in [3.63, 3.8) is 0 Å². The summed E-state index contributed by atoms with van der Waals surface area (Å²) in [4.78, 5) is 7.46. The summed E-state index contributed by atoms with van der Waals surface area (Å²) in [5.74, 6) is -0.352. The third kappa shape index (κ3) is 3.34. The minimum atomic E-state index is -3.90. The Balaban J connectivity index is 2.30. The maximum atomic E-state index is 13.2. The second-order valence-corrected chi connectivity index (χ2v) is 5.87. The Hall–Kier alpha value is -1.93. The zero-order valence-electron chi connectivity index (χ0n) is 10.3. The molecule has 9 heteroatoms. The van der Waals surface area contributed by atoms with Crippen molar-refractivity contribution in [2.45, 2.75) is 4.90 Å². The predicted molar refractivity (Wildman–Crippen MR) is 73.8 cm³/mol. The van der Waals surface area contributed by atoms with E-state index in [1.54, 1.807) is 7.05 Å². The molecular weight excluding hydrogens is 307 g/mol. The average molecular weight is 317 g/mol. The third-order valence-electron chi connectivity index (χ3n) is 2.28. The molecule has 0 fully saturated rings. The number of hydrogen-bond donors (Lipinski definition) is 2. The van der Waals surface area contributed by atoms with Crippen LogP contribution in [0.25, 0.3) is 0 Å². The largest absolute Gasteiger partial charge is 0.357 e. The standard InChI is InChI=1S/C11H10ClFN4O2S/c1-14-11-15-5-10(6-16-11)20(18,19)17-9-3-7(12)2-8(13)4-9/h2-6,17H,1H3,(H,14,15,16). The van der Waals surface area contributed by atoms with Gasteiger partial charge in [-0.1, -0.05) is 11.6 Å². The van der Waals surface area contributed by atoms with Crippen LogP contribution in [0.5, 0.6) is 0 Å². The van der Waals surface area contributed by atoms with Crippen molar-refractivity contribution in [2.24, 2.45) is 0 Å². The van der Waals surface area contributed by atoms with Crippen LogP contribution in [0.4, 0.5) is 16.0 Å². The molecule has 0 saturated heterocycles. The molecule has 0 aliphatic heterocycles. The molecule has 0 saturated carbocycles. The van der Waals surface area contributed by atoms with E-state index in [0.717, 1.165) is 24.5 Å². The van der Waals surface area contributed by atoms with E-state index in [0.29, 0.717) is 0 Å². The molecule has 2 aromatic rings. The molecule has 0 amide bonds. The SMILES string of the molecule is CNc1ncc(S(=O)(=O)Nc2cc(F)cc(Cl)c2)cn1. The molecule has 1 aromatic carbocycles. The smallest absolute Gasteiger partial charge is 0.264 e. The van der Waals surface area contributed by atoms with Crippen molar-refractivity contribution in [3.05, 3.63) is 41.4 Å². The van der Waals surface area contributed by atoms with Crippen LogP contribution in [0, 0.1) is 5.82 Å². The fourth-order valence-corrected chi connectivity index (χ4v) is 2.56. The van der Waals surface area contributed by atoms with E-state index >= 15 is 0 Å². The minimum Gasteiger partial charge on any atom is -0.357 e. The van der Waals surface area contributed by atoms with Crippen LogP contribution in [-0.2, 0) is 10.0 Å². The Bertz CT molecular complexity index is 701. The van der Waals surface area contributed by atoms with E-state index in [1.807, 2.05) is 0 Å². The number of nitrogens with zero attached hydrogens (tertiary/aromatic N) is 2. The van der Waals surface area contributed by atoms with Crippen LogP contribution < -0.4 is 10.0 Å². The number of halogens is 2. The third-order valence-corrected chi connectivity index (χ3v) is 3.83. The van der Waals surface area contributed by atoms with Gasteiger partial charge in [0.25, 0.3) is 10.0 Å². The van der Waals surface area contributed by atoms with E-state index in [-0.39, 0.29) is 21.6 Å². The summed E-state index contributed by atoms with van der Waals surface area (Å²) in [6.45, 7) is 0. The van der Waals surface area contributed by atoms with E-state index in [9.17, 15) is 12.8 Å². The lowest BCUT2D eigenvalue weighted by molar-refractivity contribution is 0.600. The van der Waals surface area contributed by atoms with E-state index in [1.165, 1.54) is 6.07 Å². The maximum Gasteiger partial charge on any atom is 0.264 e. The van der Waals surface area contributed by atoms with Gasteiger partial charge in [-0.2, -0.15) is 0 Å². The Labute approximate surface area is 120 Å². The first-order valence-corrected chi connectivity index (χ1v) is 7.25. The van der Waals surface area contributed by atoms with Crippen molar-refractivity contribution in [3.8, 4) is 0 Å². The van der Waals surface area contributed by atoms with Crippen molar-refractivity contribution < 1.29 is 12.8 Å². The Kier molecular flexibility index (Phi) is 4.05. The van der Waals surface area contributed by atoms with Crippen LogP contribution in [-0.4, -0.2) is 25.4 Å². The van der Waals surface area contributed by atoms with Crippen LogP contribution >= 0.6 is 11.6 Å². The number of sulfonamides is 1. The summed E-state index contributed by atoms with van der Waals surface area (Å²) < 4.78 is 39.4. The lowest BCUT2D eigenvalue weighted by Gasteiger charge is -2.08. The first kappa shape index (κ1) is 14.5. The summed E-state index contributed by atoms with van der Waals surface area (Å²) in [5, 5.41) is 2.75. The van der Waals surface area contributed by atoms with E-state index < -0.39 is 15.8 Å². The van der Waals surface area contributed by atoms with Gasteiger partial charge < -0.3 is 5.32 Å². The molecule has 106 valence electrons. The van der Waals surface area contributed by atoms with Crippen molar-refractivity contribution in [1.82, 2.24) is 9.97 Å². The number of hydrogen-bond acceptors (Lipinski definition) is 5. The van der Waals surface area contributed by atoms with Crippen LogP contribution in [0.3, 0.4) is 0 Å². The predicted octanol–water partition coefficient (Wildman–Crippen LogP) is 2.11. The number of aromatic nitrogens is 2. The molecule has 1 aromatic heterocycles. The highest BCUT2D eigenvalue weighted by Gasteiger charge is 2.16. The topological polar surface area (TPSA) is 84.0 Å². The molecule has 2 rings (SSSR count). The highest BCUT2D eigenvalue weighted by molar-refractivity contribution is 7.92. The summed E-state index contributed by atoms with van der Waals surface area (Å²) in [5.41, 5.74) is 0.0210. The van der Waals surface area contributed by atoms with Crippen molar-refractivity contribution >= 4 is 33.3 Å². The molecule has 2 N–H and O–H groups in total. The molecule has 20 heavy (non-hydrogen) atoms. The number of rotatable bonds is 4. The van der Waals surface area contributed by atoms with Gasteiger partial charge in [-0.25, -0.2) is 22.8 Å². The highest BCUT2D eigenvalue weighted by atomic mass is 35.5. The zero-order chi connectivity index (χ0) is 14.8. The van der Waals surface area contributed by atoms with Crippen LogP contribution in [0.15, 0.2) is 35.5 Å². The molecule has 0 radical (unpaired) electrons. The van der Waals surface area contributed by atoms with Crippen LogP contribution in [0.2, 0.25) is 5.02 Å². The lowest BCUT2D eigenvalue weighted by atomic mass is 10.3. The summed E-state index contributed by atoms with van der Waals surface area (Å²) >= 11 is 5.66. The zero-order valence-corrected chi connectivity index (χ0v) is 11.8. The molecule has 0 aliphatic carbocycles. The minimum absolute atomic E-state index is 0.0210. The van der Waals surface area contributed by atoms with Gasteiger partial charge in [-0.05, 0) is 18.2 Å². The fraction of sp³-hybridized carbons (Fsp3) is 0.0909. The molecule has 0 unspecified atom stereocenters.